The van der Waals surface area contributed by atoms with Crippen molar-refractivity contribution >= 4 is 32.8 Å². The van der Waals surface area contributed by atoms with E-state index in [4.69, 9.17) is 11.6 Å². The van der Waals surface area contributed by atoms with Crippen molar-refractivity contribution in [2.75, 3.05) is 0 Å². The molecular formula is C18H13ClF3NO2S2. The van der Waals surface area contributed by atoms with E-state index in [-0.39, 0.29) is 11.3 Å². The Hall–Kier alpha value is -1.90. The number of thiazole rings is 1. The maximum Gasteiger partial charge on any atom is 0.416 e. The van der Waals surface area contributed by atoms with Crippen LogP contribution in [0, 0.1) is 0 Å². The van der Waals surface area contributed by atoms with Crippen molar-refractivity contribution in [2.24, 2.45) is 0 Å². The minimum atomic E-state index is -4.51. The third kappa shape index (κ3) is 5.31. The largest absolute Gasteiger partial charge is 0.416 e. The van der Waals surface area contributed by atoms with Crippen molar-refractivity contribution in [1.82, 2.24) is 4.98 Å². The zero-order valence-corrected chi connectivity index (χ0v) is 16.1. The van der Waals surface area contributed by atoms with Crippen LogP contribution < -0.4 is 0 Å². The SMILES string of the molecule is O=S(=O)(Cc1cccc(C(F)(F)F)c1)Cc1ncc(-c2ccc(Cl)cc2)s1. The van der Waals surface area contributed by atoms with E-state index in [1.165, 1.54) is 23.5 Å². The average Bonchev–Trinajstić information content (AvgIpc) is 3.02. The van der Waals surface area contributed by atoms with E-state index in [9.17, 15) is 21.6 Å². The lowest BCUT2D eigenvalue weighted by molar-refractivity contribution is -0.137. The Kier molecular flexibility index (Phi) is 5.60. The predicted molar refractivity (Wildman–Crippen MR) is 100 cm³/mol. The van der Waals surface area contributed by atoms with Crippen LogP contribution in [-0.4, -0.2) is 13.4 Å². The van der Waals surface area contributed by atoms with Crippen LogP contribution in [0.3, 0.4) is 0 Å². The van der Waals surface area contributed by atoms with E-state index < -0.39 is 27.3 Å². The fraction of sp³-hybridized carbons (Fsp3) is 0.167. The van der Waals surface area contributed by atoms with E-state index in [1.54, 1.807) is 30.5 Å². The number of nitrogens with zero attached hydrogens (tertiary/aromatic N) is 1. The van der Waals surface area contributed by atoms with Crippen molar-refractivity contribution in [3.05, 3.63) is 75.9 Å². The summed E-state index contributed by atoms with van der Waals surface area (Å²) in [6.07, 6.45) is -2.94. The molecule has 0 radical (unpaired) electrons. The van der Waals surface area contributed by atoms with Gasteiger partial charge in [0.1, 0.15) is 10.8 Å². The predicted octanol–water partition coefficient (Wildman–Crippen LogP) is 5.60. The molecule has 1 aromatic heterocycles. The molecule has 27 heavy (non-hydrogen) atoms. The molecule has 0 atom stereocenters. The molecule has 0 amide bonds. The molecule has 0 spiro atoms. The van der Waals surface area contributed by atoms with Crippen LogP contribution in [0.5, 0.6) is 0 Å². The van der Waals surface area contributed by atoms with E-state index in [2.05, 4.69) is 4.98 Å². The van der Waals surface area contributed by atoms with Crippen LogP contribution >= 0.6 is 22.9 Å². The second-order valence-corrected chi connectivity index (χ2v) is 9.47. The summed E-state index contributed by atoms with van der Waals surface area (Å²) in [7, 11) is -3.67. The third-order valence-corrected chi connectivity index (χ3v) is 6.63. The highest BCUT2D eigenvalue weighted by Crippen LogP contribution is 2.31. The van der Waals surface area contributed by atoms with Gasteiger partial charge in [0.2, 0.25) is 0 Å². The van der Waals surface area contributed by atoms with Crippen LogP contribution in [0.1, 0.15) is 16.1 Å². The molecule has 3 aromatic rings. The van der Waals surface area contributed by atoms with Crippen LogP contribution in [0.15, 0.2) is 54.7 Å². The first kappa shape index (κ1) is 19.9. The molecular weight excluding hydrogens is 419 g/mol. The molecule has 0 unspecified atom stereocenters. The van der Waals surface area contributed by atoms with Crippen LogP contribution in [0.2, 0.25) is 5.02 Å². The lowest BCUT2D eigenvalue weighted by Crippen LogP contribution is -2.09. The van der Waals surface area contributed by atoms with Gasteiger partial charge < -0.3 is 0 Å². The van der Waals surface area contributed by atoms with Gasteiger partial charge in [0, 0.05) is 11.2 Å². The number of benzene rings is 2. The molecule has 9 heteroatoms. The number of hydrogen-bond donors (Lipinski definition) is 0. The topological polar surface area (TPSA) is 47.0 Å². The first-order chi connectivity index (χ1) is 12.6. The molecule has 0 fully saturated rings. The van der Waals surface area contributed by atoms with Gasteiger partial charge in [-0.25, -0.2) is 13.4 Å². The van der Waals surface area contributed by atoms with Crippen molar-refractivity contribution in [2.45, 2.75) is 17.7 Å². The van der Waals surface area contributed by atoms with Gasteiger partial charge in [-0.2, -0.15) is 13.2 Å². The van der Waals surface area contributed by atoms with E-state index >= 15 is 0 Å². The van der Waals surface area contributed by atoms with Gasteiger partial charge in [0.15, 0.2) is 9.84 Å². The Bertz CT molecular complexity index is 1040. The van der Waals surface area contributed by atoms with E-state index in [0.717, 1.165) is 22.6 Å². The second kappa shape index (κ2) is 7.61. The number of hydrogen-bond acceptors (Lipinski definition) is 4. The van der Waals surface area contributed by atoms with E-state index in [1.807, 2.05) is 0 Å². The summed E-state index contributed by atoms with van der Waals surface area (Å²) in [6, 6.07) is 11.4. The zero-order valence-electron chi connectivity index (χ0n) is 13.7. The van der Waals surface area contributed by atoms with Gasteiger partial charge >= 0.3 is 6.18 Å². The van der Waals surface area contributed by atoms with Crippen molar-refractivity contribution in [1.29, 1.82) is 0 Å². The highest BCUT2D eigenvalue weighted by Gasteiger charge is 2.30. The normalized spacial score (nSPS) is 12.3. The van der Waals surface area contributed by atoms with Gasteiger partial charge in [0.05, 0.1) is 16.2 Å². The van der Waals surface area contributed by atoms with Gasteiger partial charge in [-0.05, 0) is 29.3 Å². The summed E-state index contributed by atoms with van der Waals surface area (Å²) in [4.78, 5) is 4.91. The molecule has 0 saturated heterocycles. The maximum atomic E-state index is 12.8. The number of aromatic nitrogens is 1. The van der Waals surface area contributed by atoms with Gasteiger partial charge in [-0.15, -0.1) is 11.3 Å². The molecule has 1 heterocycles. The quantitative estimate of drug-likeness (QED) is 0.528. The fourth-order valence-corrected chi connectivity index (χ4v) is 5.31. The number of halogens is 4. The number of rotatable bonds is 5. The summed E-state index contributed by atoms with van der Waals surface area (Å²) >= 11 is 7.07. The highest BCUT2D eigenvalue weighted by atomic mass is 35.5. The van der Waals surface area contributed by atoms with E-state index in [0.29, 0.717) is 10.0 Å². The summed E-state index contributed by atoms with van der Waals surface area (Å²) in [6.45, 7) is 0. The van der Waals surface area contributed by atoms with Gasteiger partial charge in [-0.1, -0.05) is 41.9 Å². The summed E-state index contributed by atoms with van der Waals surface area (Å²) in [5.74, 6) is -0.811. The Balaban J connectivity index is 1.75. The fourth-order valence-electron chi connectivity index (χ4n) is 2.46. The van der Waals surface area contributed by atoms with Crippen LogP contribution in [0.25, 0.3) is 10.4 Å². The first-order valence-corrected chi connectivity index (χ1v) is 10.7. The summed E-state index contributed by atoms with van der Waals surface area (Å²) < 4.78 is 63.1. The molecule has 0 aliphatic rings. The first-order valence-electron chi connectivity index (χ1n) is 7.70. The molecule has 142 valence electrons. The molecule has 0 aliphatic heterocycles. The monoisotopic (exact) mass is 431 g/mol. The van der Waals surface area contributed by atoms with Crippen molar-refractivity contribution in [3.8, 4) is 10.4 Å². The summed E-state index contributed by atoms with van der Waals surface area (Å²) in [5.41, 5.74) is 0.0900. The Labute approximate surface area is 163 Å². The molecule has 0 bridgehead atoms. The zero-order chi connectivity index (χ0) is 19.7. The smallest absolute Gasteiger partial charge is 0.248 e. The molecule has 2 aromatic carbocycles. The second-order valence-electron chi connectivity index (χ2n) is 5.86. The third-order valence-electron chi connectivity index (χ3n) is 3.67. The van der Waals surface area contributed by atoms with Crippen LogP contribution in [-0.2, 0) is 27.5 Å². The molecule has 3 nitrogen and oxygen atoms in total. The Morgan fingerprint density at radius 1 is 1.04 bits per heavy atom. The minimum absolute atomic E-state index is 0.0966. The maximum absolute atomic E-state index is 12.8. The molecule has 0 saturated carbocycles. The number of alkyl halides is 3. The average molecular weight is 432 g/mol. The Morgan fingerprint density at radius 3 is 2.41 bits per heavy atom. The van der Waals surface area contributed by atoms with Crippen molar-refractivity contribution in [3.63, 3.8) is 0 Å². The molecule has 0 aliphatic carbocycles. The minimum Gasteiger partial charge on any atom is -0.248 e. The van der Waals surface area contributed by atoms with Crippen molar-refractivity contribution < 1.29 is 21.6 Å². The van der Waals surface area contributed by atoms with Crippen LogP contribution in [0.4, 0.5) is 13.2 Å². The van der Waals surface area contributed by atoms with Gasteiger partial charge in [-0.3, -0.25) is 0 Å². The number of sulfone groups is 1. The molecule has 0 N–H and O–H groups in total. The lowest BCUT2D eigenvalue weighted by atomic mass is 10.1. The summed E-state index contributed by atoms with van der Waals surface area (Å²) in [5, 5.41) is 0.971. The highest BCUT2D eigenvalue weighted by molar-refractivity contribution is 7.90. The molecule has 3 rings (SSSR count). The Morgan fingerprint density at radius 2 is 1.74 bits per heavy atom. The lowest BCUT2D eigenvalue weighted by Gasteiger charge is -2.08. The standard InChI is InChI=1S/C18H13ClF3NO2S2/c19-15-6-4-13(5-7-15)16-9-23-17(26-16)11-27(24,25)10-12-2-1-3-14(8-12)18(20,21)22/h1-9H,10-11H2. The van der Waals surface area contributed by atoms with Gasteiger partial charge in [0.25, 0.3) is 0 Å².